The lowest BCUT2D eigenvalue weighted by molar-refractivity contribution is -0.127. The molecule has 1 fully saturated rings. The summed E-state index contributed by atoms with van der Waals surface area (Å²) in [5.74, 6) is -0.294. The second-order valence-electron chi connectivity index (χ2n) is 7.90. The molecule has 0 radical (unpaired) electrons. The highest BCUT2D eigenvalue weighted by atomic mass is 127. The van der Waals surface area contributed by atoms with Gasteiger partial charge in [-0.1, -0.05) is 47.5 Å². The van der Waals surface area contributed by atoms with E-state index in [0.29, 0.717) is 21.5 Å². The average molecular weight is 653 g/mol. The van der Waals surface area contributed by atoms with Gasteiger partial charge in [-0.25, -0.2) is 0 Å². The van der Waals surface area contributed by atoms with Gasteiger partial charge in [-0.05, 0) is 94.9 Å². The first kappa shape index (κ1) is 26.5. The van der Waals surface area contributed by atoms with Crippen molar-refractivity contribution in [1.82, 2.24) is 4.90 Å². The molecule has 1 aliphatic rings. The van der Waals surface area contributed by atoms with Crippen molar-refractivity contribution in [2.24, 2.45) is 0 Å². The van der Waals surface area contributed by atoms with E-state index in [0.717, 1.165) is 36.9 Å². The van der Waals surface area contributed by atoms with Crippen LogP contribution in [-0.4, -0.2) is 28.5 Å². The standard InChI is InChI=1S/C26H19Cl2IN2O4S/c1-15-3-2-4-19(9-15)30-24(32)13-31-25(33)23(36-26(31)34)11-16-5-8-22(21(29)10-16)35-14-17-6-7-18(27)12-20(17)28/h2-12H,13-14H2,1H3,(H,30,32)/b23-11-. The van der Waals surface area contributed by atoms with Crippen LogP contribution in [0.25, 0.3) is 6.08 Å². The minimum Gasteiger partial charge on any atom is -0.488 e. The molecule has 1 N–H and O–H groups in total. The summed E-state index contributed by atoms with van der Waals surface area (Å²) in [6.07, 6.45) is 1.63. The van der Waals surface area contributed by atoms with Gasteiger partial charge in [-0.2, -0.15) is 0 Å². The lowest BCUT2D eigenvalue weighted by Crippen LogP contribution is -2.36. The van der Waals surface area contributed by atoms with Gasteiger partial charge in [0, 0.05) is 21.3 Å². The van der Waals surface area contributed by atoms with E-state index in [-0.39, 0.29) is 18.1 Å². The molecule has 0 spiro atoms. The van der Waals surface area contributed by atoms with Gasteiger partial charge in [0.05, 0.1) is 8.48 Å². The Balaban J connectivity index is 1.40. The highest BCUT2D eigenvalue weighted by molar-refractivity contribution is 14.1. The molecule has 3 aromatic rings. The maximum atomic E-state index is 12.8. The fraction of sp³-hybridized carbons (Fsp3) is 0.115. The number of carbonyl (C=O) groups is 3. The molecule has 0 bridgehead atoms. The zero-order valence-electron chi connectivity index (χ0n) is 18.9. The zero-order chi connectivity index (χ0) is 25.8. The van der Waals surface area contributed by atoms with Crippen molar-refractivity contribution in [2.45, 2.75) is 13.5 Å². The topological polar surface area (TPSA) is 75.7 Å². The molecule has 0 atom stereocenters. The predicted octanol–water partition coefficient (Wildman–Crippen LogP) is 7.16. The molecule has 10 heteroatoms. The highest BCUT2D eigenvalue weighted by Gasteiger charge is 2.36. The van der Waals surface area contributed by atoms with Gasteiger partial charge in [-0.15, -0.1) is 0 Å². The van der Waals surface area contributed by atoms with Crippen LogP contribution >= 0.6 is 57.6 Å². The van der Waals surface area contributed by atoms with E-state index in [9.17, 15) is 14.4 Å². The number of anilines is 1. The van der Waals surface area contributed by atoms with Crippen LogP contribution < -0.4 is 10.1 Å². The van der Waals surface area contributed by atoms with E-state index >= 15 is 0 Å². The SMILES string of the molecule is Cc1cccc(NC(=O)CN2C(=O)S/C(=C\c3ccc(OCc4ccc(Cl)cc4Cl)c(I)c3)C2=O)c1. The Morgan fingerprint density at radius 3 is 2.64 bits per heavy atom. The summed E-state index contributed by atoms with van der Waals surface area (Å²) in [7, 11) is 0. The second-order valence-corrected chi connectivity index (χ2v) is 10.9. The van der Waals surface area contributed by atoms with Crippen LogP contribution in [0.1, 0.15) is 16.7 Å². The van der Waals surface area contributed by atoms with E-state index in [2.05, 4.69) is 27.9 Å². The molecule has 1 aliphatic heterocycles. The number of benzene rings is 3. The minimum absolute atomic E-state index is 0.251. The number of rotatable bonds is 7. The van der Waals surface area contributed by atoms with Crippen LogP contribution in [0.5, 0.6) is 5.75 Å². The van der Waals surface area contributed by atoms with Crippen molar-refractivity contribution >= 4 is 86.4 Å². The maximum absolute atomic E-state index is 12.8. The fourth-order valence-corrected chi connectivity index (χ4v) is 5.37. The Morgan fingerprint density at radius 2 is 1.92 bits per heavy atom. The van der Waals surface area contributed by atoms with Crippen LogP contribution in [0.4, 0.5) is 10.5 Å². The summed E-state index contributed by atoms with van der Waals surface area (Å²) in [5.41, 5.74) is 3.13. The Morgan fingerprint density at radius 1 is 1.11 bits per heavy atom. The highest BCUT2D eigenvalue weighted by Crippen LogP contribution is 2.33. The molecule has 184 valence electrons. The number of carbonyl (C=O) groups excluding carboxylic acids is 3. The normalized spacial score (nSPS) is 14.4. The van der Waals surface area contributed by atoms with Crippen LogP contribution in [0, 0.1) is 10.5 Å². The number of imide groups is 1. The largest absolute Gasteiger partial charge is 0.488 e. The fourth-order valence-electron chi connectivity index (χ4n) is 3.37. The summed E-state index contributed by atoms with van der Waals surface area (Å²) in [5, 5.41) is 3.31. The summed E-state index contributed by atoms with van der Waals surface area (Å²) in [6, 6.07) is 17.9. The van der Waals surface area contributed by atoms with Gasteiger partial charge < -0.3 is 10.1 Å². The number of amides is 3. The summed E-state index contributed by atoms with van der Waals surface area (Å²) in [6.45, 7) is 1.83. The van der Waals surface area contributed by atoms with Crippen LogP contribution in [-0.2, 0) is 16.2 Å². The Kier molecular flexibility index (Phi) is 8.61. The molecule has 1 heterocycles. The third-order valence-electron chi connectivity index (χ3n) is 5.13. The second kappa shape index (κ2) is 11.7. The summed E-state index contributed by atoms with van der Waals surface area (Å²) in [4.78, 5) is 38.8. The molecule has 0 aliphatic carbocycles. The number of nitrogens with zero attached hydrogens (tertiary/aromatic N) is 1. The number of nitrogens with one attached hydrogen (secondary N) is 1. The molecule has 3 amide bonds. The smallest absolute Gasteiger partial charge is 0.294 e. The van der Waals surface area contributed by atoms with Crippen LogP contribution in [0.3, 0.4) is 0 Å². The van der Waals surface area contributed by atoms with E-state index < -0.39 is 17.1 Å². The first-order valence-electron chi connectivity index (χ1n) is 10.7. The lowest BCUT2D eigenvalue weighted by Gasteiger charge is -2.12. The van der Waals surface area contributed by atoms with Crippen LogP contribution in [0.15, 0.2) is 65.6 Å². The Labute approximate surface area is 236 Å². The van der Waals surface area contributed by atoms with Crippen molar-refractivity contribution in [3.05, 3.63) is 95.9 Å². The third kappa shape index (κ3) is 6.61. The first-order chi connectivity index (χ1) is 17.2. The van der Waals surface area contributed by atoms with Gasteiger partial charge in [0.1, 0.15) is 18.9 Å². The van der Waals surface area contributed by atoms with Gasteiger partial charge >= 0.3 is 0 Å². The molecular weight excluding hydrogens is 634 g/mol. The average Bonchev–Trinajstić information content (AvgIpc) is 3.07. The van der Waals surface area contributed by atoms with Crippen molar-refractivity contribution in [3.63, 3.8) is 0 Å². The van der Waals surface area contributed by atoms with Gasteiger partial charge in [0.25, 0.3) is 11.1 Å². The molecule has 0 aromatic heterocycles. The third-order valence-corrected chi connectivity index (χ3v) is 7.47. The number of ether oxygens (including phenoxy) is 1. The van der Waals surface area contributed by atoms with Crippen molar-refractivity contribution in [1.29, 1.82) is 0 Å². The molecule has 3 aromatic carbocycles. The molecule has 36 heavy (non-hydrogen) atoms. The van der Waals surface area contributed by atoms with Crippen LogP contribution in [0.2, 0.25) is 10.0 Å². The number of hydrogen-bond donors (Lipinski definition) is 1. The number of aryl methyl sites for hydroxylation is 1. The molecule has 0 unspecified atom stereocenters. The van der Waals surface area contributed by atoms with E-state index in [1.807, 2.05) is 37.3 Å². The van der Waals surface area contributed by atoms with Gasteiger partial charge in [0.15, 0.2) is 0 Å². The minimum atomic E-state index is -0.503. The van der Waals surface area contributed by atoms with Crippen molar-refractivity contribution in [3.8, 4) is 5.75 Å². The predicted molar refractivity (Wildman–Crippen MR) is 152 cm³/mol. The molecule has 0 saturated carbocycles. The monoisotopic (exact) mass is 652 g/mol. The van der Waals surface area contributed by atoms with E-state index in [1.165, 1.54) is 0 Å². The van der Waals surface area contributed by atoms with E-state index in [4.69, 9.17) is 27.9 Å². The summed E-state index contributed by atoms with van der Waals surface area (Å²) < 4.78 is 6.71. The summed E-state index contributed by atoms with van der Waals surface area (Å²) >= 11 is 15.1. The van der Waals surface area contributed by atoms with Crippen molar-refractivity contribution in [2.75, 3.05) is 11.9 Å². The first-order valence-corrected chi connectivity index (χ1v) is 13.3. The van der Waals surface area contributed by atoms with E-state index in [1.54, 1.807) is 36.4 Å². The molecule has 6 nitrogen and oxygen atoms in total. The van der Waals surface area contributed by atoms with Gasteiger partial charge in [-0.3, -0.25) is 19.3 Å². The Hall–Kier alpha value is -2.53. The molecule has 4 rings (SSSR count). The lowest BCUT2D eigenvalue weighted by atomic mass is 10.2. The number of thioether (sulfide) groups is 1. The van der Waals surface area contributed by atoms with Crippen molar-refractivity contribution < 1.29 is 19.1 Å². The number of hydrogen-bond acceptors (Lipinski definition) is 5. The van der Waals surface area contributed by atoms with Gasteiger partial charge in [0.2, 0.25) is 5.91 Å². The molecule has 1 saturated heterocycles. The number of halogens is 3. The maximum Gasteiger partial charge on any atom is 0.294 e. The Bertz CT molecular complexity index is 1400. The quantitative estimate of drug-likeness (QED) is 0.217. The molecular formula is C26H19Cl2IN2O4S. The zero-order valence-corrected chi connectivity index (χ0v) is 23.4.